The molecule has 22 heavy (non-hydrogen) atoms. The fourth-order valence-corrected chi connectivity index (χ4v) is 4.01. The Morgan fingerprint density at radius 1 is 1.45 bits per heavy atom. The van der Waals surface area contributed by atoms with Crippen molar-refractivity contribution >= 4 is 38.9 Å². The average Bonchev–Trinajstić information content (AvgIpc) is 3.12. The van der Waals surface area contributed by atoms with Crippen LogP contribution in [0.2, 0.25) is 0 Å². The largest absolute Gasteiger partial charge is 0.322 e. The summed E-state index contributed by atoms with van der Waals surface area (Å²) >= 11 is 4.92. The first kappa shape index (κ1) is 15.6. The van der Waals surface area contributed by atoms with Gasteiger partial charge in [-0.1, -0.05) is 22.0 Å². The van der Waals surface area contributed by atoms with Crippen LogP contribution in [-0.2, 0) is 4.79 Å². The van der Waals surface area contributed by atoms with Crippen LogP contribution in [0, 0.1) is 5.82 Å². The number of carbonyl (C=O) groups excluding carboxylic acids is 1. The molecule has 0 saturated carbocycles. The van der Waals surface area contributed by atoms with Crippen molar-refractivity contribution in [3.05, 3.63) is 50.9 Å². The van der Waals surface area contributed by atoms with Gasteiger partial charge in [-0.3, -0.25) is 9.69 Å². The van der Waals surface area contributed by atoms with E-state index in [4.69, 9.17) is 0 Å². The molecule has 0 aliphatic carbocycles. The Bertz CT molecular complexity index is 662. The van der Waals surface area contributed by atoms with Crippen molar-refractivity contribution < 1.29 is 9.18 Å². The molecule has 1 fully saturated rings. The standard InChI is InChI=1S/C16H16BrFN2OS/c17-11-5-6-13(12(18)9-11)19-16(21)10-20-7-1-3-14(20)15-4-2-8-22-15/h2,4-6,8-9,14H,1,3,7,10H2,(H,19,21)/t14-/m0/s1. The van der Waals surface area contributed by atoms with Gasteiger partial charge in [0.1, 0.15) is 5.82 Å². The summed E-state index contributed by atoms with van der Waals surface area (Å²) in [4.78, 5) is 15.6. The summed E-state index contributed by atoms with van der Waals surface area (Å²) in [6, 6.07) is 9.08. The van der Waals surface area contributed by atoms with Gasteiger partial charge in [0.2, 0.25) is 5.91 Å². The Hall–Kier alpha value is -1.24. The minimum atomic E-state index is -0.432. The number of rotatable bonds is 4. The summed E-state index contributed by atoms with van der Waals surface area (Å²) < 4.78 is 14.4. The molecule has 6 heteroatoms. The number of likely N-dealkylation sites (tertiary alicyclic amines) is 1. The molecule has 0 spiro atoms. The summed E-state index contributed by atoms with van der Waals surface area (Å²) in [6.45, 7) is 1.19. The van der Waals surface area contributed by atoms with Crippen LogP contribution in [0.1, 0.15) is 23.8 Å². The third-order valence-corrected chi connectivity index (χ3v) is 5.25. The zero-order chi connectivity index (χ0) is 15.5. The van der Waals surface area contributed by atoms with Crippen LogP contribution in [0.4, 0.5) is 10.1 Å². The highest BCUT2D eigenvalue weighted by Crippen LogP contribution is 2.34. The highest BCUT2D eigenvalue weighted by Gasteiger charge is 2.28. The molecular formula is C16H16BrFN2OS. The SMILES string of the molecule is O=C(CN1CCC[C@H]1c1cccs1)Nc1ccc(Br)cc1F. The molecular weight excluding hydrogens is 367 g/mol. The normalized spacial score (nSPS) is 18.5. The number of nitrogens with one attached hydrogen (secondary N) is 1. The second-order valence-corrected chi connectivity index (χ2v) is 7.21. The summed E-state index contributed by atoms with van der Waals surface area (Å²) in [5.41, 5.74) is 0.222. The first-order valence-electron chi connectivity index (χ1n) is 7.16. The third kappa shape index (κ3) is 3.56. The molecule has 3 rings (SSSR count). The minimum absolute atomic E-state index is 0.176. The van der Waals surface area contributed by atoms with Crippen molar-refractivity contribution in [1.82, 2.24) is 4.90 Å². The highest BCUT2D eigenvalue weighted by atomic mass is 79.9. The minimum Gasteiger partial charge on any atom is -0.322 e. The van der Waals surface area contributed by atoms with Crippen molar-refractivity contribution in [1.29, 1.82) is 0 Å². The Morgan fingerprint density at radius 3 is 3.05 bits per heavy atom. The van der Waals surface area contributed by atoms with Crippen molar-refractivity contribution in [2.45, 2.75) is 18.9 Å². The summed E-state index contributed by atoms with van der Waals surface area (Å²) in [5.74, 6) is -0.608. The van der Waals surface area contributed by atoms with E-state index < -0.39 is 5.82 Å². The Morgan fingerprint density at radius 2 is 2.32 bits per heavy atom. The average molecular weight is 383 g/mol. The maximum Gasteiger partial charge on any atom is 0.238 e. The van der Waals surface area contributed by atoms with E-state index in [1.807, 2.05) is 6.07 Å². The fraction of sp³-hybridized carbons (Fsp3) is 0.312. The summed E-state index contributed by atoms with van der Waals surface area (Å²) in [7, 11) is 0. The quantitative estimate of drug-likeness (QED) is 0.848. The fourth-order valence-electron chi connectivity index (χ4n) is 2.78. The van der Waals surface area contributed by atoms with E-state index in [1.54, 1.807) is 23.5 Å². The molecule has 0 bridgehead atoms. The van der Waals surface area contributed by atoms with Crippen LogP contribution >= 0.6 is 27.3 Å². The van der Waals surface area contributed by atoms with Crippen molar-refractivity contribution in [3.8, 4) is 0 Å². The molecule has 0 radical (unpaired) electrons. The number of halogens is 2. The van der Waals surface area contributed by atoms with Crippen LogP contribution in [-0.4, -0.2) is 23.9 Å². The first-order chi connectivity index (χ1) is 10.6. The van der Waals surface area contributed by atoms with Gasteiger partial charge in [-0.2, -0.15) is 0 Å². The number of nitrogens with zero attached hydrogens (tertiary/aromatic N) is 1. The lowest BCUT2D eigenvalue weighted by Gasteiger charge is -2.22. The van der Waals surface area contributed by atoms with Gasteiger partial charge in [-0.25, -0.2) is 4.39 Å². The molecule has 1 aliphatic heterocycles. The molecule has 2 heterocycles. The topological polar surface area (TPSA) is 32.3 Å². The van der Waals surface area contributed by atoms with Gasteiger partial charge in [-0.05, 0) is 49.0 Å². The third-order valence-electron chi connectivity index (χ3n) is 3.79. The maximum absolute atomic E-state index is 13.8. The van der Waals surface area contributed by atoms with E-state index in [9.17, 15) is 9.18 Å². The molecule has 116 valence electrons. The molecule has 1 aliphatic rings. The van der Waals surface area contributed by atoms with Crippen LogP contribution < -0.4 is 5.32 Å². The summed E-state index contributed by atoms with van der Waals surface area (Å²) in [5, 5.41) is 4.72. The molecule has 2 aromatic rings. The lowest BCUT2D eigenvalue weighted by atomic mass is 10.2. The number of carbonyl (C=O) groups is 1. The highest BCUT2D eigenvalue weighted by molar-refractivity contribution is 9.10. The molecule has 0 unspecified atom stereocenters. The lowest BCUT2D eigenvalue weighted by molar-refractivity contribution is -0.117. The smallest absolute Gasteiger partial charge is 0.238 e. The van der Waals surface area contributed by atoms with Crippen LogP contribution in [0.15, 0.2) is 40.2 Å². The van der Waals surface area contributed by atoms with Crippen LogP contribution in [0.25, 0.3) is 0 Å². The van der Waals surface area contributed by atoms with Gasteiger partial charge in [0, 0.05) is 15.4 Å². The Kier molecular flexibility index (Phi) is 4.90. The van der Waals surface area contributed by atoms with Gasteiger partial charge in [0.15, 0.2) is 0 Å². The van der Waals surface area contributed by atoms with E-state index in [2.05, 4.69) is 37.6 Å². The van der Waals surface area contributed by atoms with Crippen LogP contribution in [0.3, 0.4) is 0 Å². The van der Waals surface area contributed by atoms with Crippen molar-refractivity contribution in [2.24, 2.45) is 0 Å². The zero-order valence-electron chi connectivity index (χ0n) is 11.9. The number of anilines is 1. The van der Waals surface area contributed by atoms with Gasteiger partial charge in [0.25, 0.3) is 0 Å². The summed E-state index contributed by atoms with van der Waals surface area (Å²) in [6.07, 6.45) is 2.16. The Labute approximate surface area is 141 Å². The van der Waals surface area contributed by atoms with Crippen LogP contribution in [0.5, 0.6) is 0 Å². The molecule has 1 saturated heterocycles. The maximum atomic E-state index is 13.8. The Balaban J connectivity index is 1.64. The van der Waals surface area contributed by atoms with E-state index in [1.165, 1.54) is 10.9 Å². The predicted octanol–water partition coefficient (Wildman–Crippen LogP) is 4.43. The first-order valence-corrected chi connectivity index (χ1v) is 8.83. The molecule has 1 aromatic carbocycles. The predicted molar refractivity (Wildman–Crippen MR) is 90.6 cm³/mol. The molecule has 1 N–H and O–H groups in total. The van der Waals surface area contributed by atoms with Gasteiger partial charge < -0.3 is 5.32 Å². The van der Waals surface area contributed by atoms with E-state index in [-0.39, 0.29) is 18.1 Å². The number of benzene rings is 1. The van der Waals surface area contributed by atoms with Gasteiger partial charge >= 0.3 is 0 Å². The second kappa shape index (κ2) is 6.89. The van der Waals surface area contributed by atoms with E-state index >= 15 is 0 Å². The van der Waals surface area contributed by atoms with Crippen molar-refractivity contribution in [2.75, 3.05) is 18.4 Å². The number of hydrogen-bond donors (Lipinski definition) is 1. The number of amides is 1. The molecule has 1 amide bonds. The molecule has 1 atom stereocenters. The number of hydrogen-bond acceptors (Lipinski definition) is 3. The monoisotopic (exact) mass is 382 g/mol. The zero-order valence-corrected chi connectivity index (χ0v) is 14.3. The number of thiophene rings is 1. The van der Waals surface area contributed by atoms with Gasteiger partial charge in [-0.15, -0.1) is 11.3 Å². The molecule has 1 aromatic heterocycles. The van der Waals surface area contributed by atoms with Crippen molar-refractivity contribution in [3.63, 3.8) is 0 Å². The van der Waals surface area contributed by atoms with Gasteiger partial charge in [0.05, 0.1) is 12.2 Å². The van der Waals surface area contributed by atoms with E-state index in [0.717, 1.165) is 19.4 Å². The lowest BCUT2D eigenvalue weighted by Crippen LogP contribution is -2.32. The second-order valence-electron chi connectivity index (χ2n) is 5.32. The van der Waals surface area contributed by atoms with E-state index in [0.29, 0.717) is 10.5 Å². The molecule has 3 nitrogen and oxygen atoms in total.